The van der Waals surface area contributed by atoms with Gasteiger partial charge in [0.15, 0.2) is 0 Å². The highest BCUT2D eigenvalue weighted by molar-refractivity contribution is 5.79. The molecule has 0 aliphatic carbocycles. The Balaban J connectivity index is 1.19. The molecule has 0 radical (unpaired) electrons. The summed E-state index contributed by atoms with van der Waals surface area (Å²) in [4.78, 5) is 29.3. The Morgan fingerprint density at radius 1 is 1.00 bits per heavy atom. The third-order valence-corrected chi connectivity index (χ3v) is 7.16. The lowest BCUT2D eigenvalue weighted by molar-refractivity contribution is -0.139. The number of fused-ring (bicyclic) bond motifs is 1. The van der Waals surface area contributed by atoms with Crippen molar-refractivity contribution in [2.45, 2.75) is 45.1 Å². The van der Waals surface area contributed by atoms with Gasteiger partial charge in [-0.3, -0.25) is 9.59 Å². The molecule has 7 heteroatoms. The molecule has 0 saturated carbocycles. The van der Waals surface area contributed by atoms with Gasteiger partial charge in [-0.05, 0) is 56.3 Å². The maximum atomic E-state index is 12.5. The number of piperidine rings is 1. The van der Waals surface area contributed by atoms with Crippen molar-refractivity contribution in [1.29, 1.82) is 0 Å². The van der Waals surface area contributed by atoms with Crippen LogP contribution >= 0.6 is 0 Å². The van der Waals surface area contributed by atoms with Crippen LogP contribution in [0.4, 0.5) is 0 Å². The summed E-state index contributed by atoms with van der Waals surface area (Å²) >= 11 is 0. The Morgan fingerprint density at radius 3 is 2.53 bits per heavy atom. The molecule has 0 aromatic heterocycles. The lowest BCUT2D eigenvalue weighted by Crippen LogP contribution is -2.50. The summed E-state index contributed by atoms with van der Waals surface area (Å²) < 4.78 is 11.1. The number of ether oxygens (including phenoxy) is 2. The van der Waals surface area contributed by atoms with Crippen LogP contribution in [0, 0.1) is 5.41 Å². The van der Waals surface area contributed by atoms with Crippen LogP contribution in [0.5, 0.6) is 0 Å². The summed E-state index contributed by atoms with van der Waals surface area (Å²) in [7, 11) is 0. The zero-order valence-electron chi connectivity index (χ0n) is 19.2. The highest BCUT2D eigenvalue weighted by atomic mass is 16.5. The number of benzene rings is 1. The van der Waals surface area contributed by atoms with Crippen LogP contribution in [0.15, 0.2) is 24.3 Å². The predicted molar refractivity (Wildman–Crippen MR) is 122 cm³/mol. The summed E-state index contributed by atoms with van der Waals surface area (Å²) in [5, 5.41) is 3.08. The summed E-state index contributed by atoms with van der Waals surface area (Å²) in [5.74, 6) is -0.204. The normalized spacial score (nSPS) is 21.1. The van der Waals surface area contributed by atoms with Crippen LogP contribution in [0.3, 0.4) is 0 Å². The van der Waals surface area contributed by atoms with Gasteiger partial charge in [0.25, 0.3) is 0 Å². The van der Waals surface area contributed by atoms with Crippen molar-refractivity contribution in [3.05, 3.63) is 35.4 Å². The van der Waals surface area contributed by atoms with Crippen LogP contribution in [0.25, 0.3) is 0 Å². The summed E-state index contributed by atoms with van der Waals surface area (Å²) in [6.45, 7) is 6.68. The fraction of sp³-hybridized carbons (Fsp3) is 0.680. The molecule has 2 amide bonds. The molecule has 0 bridgehead atoms. The van der Waals surface area contributed by atoms with Gasteiger partial charge in [-0.1, -0.05) is 30.7 Å². The molecule has 0 unspecified atom stereocenters. The number of hydrogen-bond acceptors (Lipinski definition) is 5. The number of carbonyl (C=O) groups is 2. The van der Waals surface area contributed by atoms with Gasteiger partial charge >= 0.3 is 0 Å². The highest BCUT2D eigenvalue weighted by Crippen LogP contribution is 2.32. The van der Waals surface area contributed by atoms with Gasteiger partial charge in [0.2, 0.25) is 11.8 Å². The SMILES string of the molecule is O=C(COCC(=O)N1CCc2ccccc2C1)NCC1(CN2CCCCC2)CCOCC1. The molecule has 1 aromatic rings. The third kappa shape index (κ3) is 6.30. The van der Waals surface area contributed by atoms with Crippen molar-refractivity contribution in [3.8, 4) is 0 Å². The van der Waals surface area contributed by atoms with Crippen LogP contribution in [-0.2, 0) is 32.0 Å². The molecule has 32 heavy (non-hydrogen) atoms. The van der Waals surface area contributed by atoms with E-state index in [4.69, 9.17) is 9.47 Å². The molecule has 1 aromatic carbocycles. The van der Waals surface area contributed by atoms with Crippen molar-refractivity contribution in [3.63, 3.8) is 0 Å². The third-order valence-electron chi connectivity index (χ3n) is 7.16. The Hall–Kier alpha value is -1.96. The largest absolute Gasteiger partial charge is 0.381 e. The Bertz CT molecular complexity index is 772. The zero-order valence-corrected chi connectivity index (χ0v) is 19.2. The van der Waals surface area contributed by atoms with E-state index < -0.39 is 0 Å². The van der Waals surface area contributed by atoms with Gasteiger partial charge in [-0.25, -0.2) is 0 Å². The maximum absolute atomic E-state index is 12.5. The monoisotopic (exact) mass is 443 g/mol. The highest BCUT2D eigenvalue weighted by Gasteiger charge is 2.35. The standard InChI is InChI=1S/C25H37N3O4/c29-23(17-32-18-24(30)28-13-8-21-6-2-3-7-22(21)16-28)26-19-25(9-14-31-15-10-25)20-27-11-4-1-5-12-27/h2-3,6-7H,1,4-5,8-20H2,(H,26,29). The number of likely N-dealkylation sites (tertiary alicyclic amines) is 1. The van der Waals surface area contributed by atoms with Crippen molar-refractivity contribution >= 4 is 11.8 Å². The van der Waals surface area contributed by atoms with E-state index >= 15 is 0 Å². The van der Waals surface area contributed by atoms with E-state index in [2.05, 4.69) is 22.3 Å². The minimum atomic E-state index is -0.147. The number of rotatable bonds is 8. The summed E-state index contributed by atoms with van der Waals surface area (Å²) in [6.07, 6.45) is 6.67. The van der Waals surface area contributed by atoms with Crippen LogP contribution in [0.1, 0.15) is 43.2 Å². The fourth-order valence-corrected chi connectivity index (χ4v) is 5.16. The topological polar surface area (TPSA) is 71.1 Å². The fourth-order valence-electron chi connectivity index (χ4n) is 5.16. The lowest BCUT2D eigenvalue weighted by atomic mass is 9.79. The van der Waals surface area contributed by atoms with E-state index in [0.29, 0.717) is 19.6 Å². The Morgan fingerprint density at radius 2 is 1.75 bits per heavy atom. The molecule has 3 aliphatic rings. The Labute approximate surface area is 191 Å². The minimum Gasteiger partial charge on any atom is -0.381 e. The van der Waals surface area contributed by atoms with E-state index in [0.717, 1.165) is 52.1 Å². The van der Waals surface area contributed by atoms with Gasteiger partial charge < -0.3 is 24.6 Å². The van der Waals surface area contributed by atoms with E-state index in [1.54, 1.807) is 0 Å². The number of carbonyl (C=O) groups excluding carboxylic acids is 2. The Kier molecular flexibility index (Phi) is 8.16. The minimum absolute atomic E-state index is 0.0532. The van der Waals surface area contributed by atoms with E-state index in [1.807, 2.05) is 17.0 Å². The number of hydrogen-bond donors (Lipinski definition) is 1. The predicted octanol–water partition coefficient (Wildman–Crippen LogP) is 1.99. The van der Waals surface area contributed by atoms with Gasteiger partial charge in [-0.2, -0.15) is 0 Å². The van der Waals surface area contributed by atoms with Crippen LogP contribution < -0.4 is 5.32 Å². The van der Waals surface area contributed by atoms with Crippen molar-refractivity contribution in [2.75, 3.05) is 59.2 Å². The average molecular weight is 444 g/mol. The van der Waals surface area contributed by atoms with Gasteiger partial charge in [-0.15, -0.1) is 0 Å². The second-order valence-electron chi connectivity index (χ2n) is 9.55. The first-order chi connectivity index (χ1) is 15.6. The molecule has 7 nitrogen and oxygen atoms in total. The van der Waals surface area contributed by atoms with Crippen LogP contribution in [-0.4, -0.2) is 80.8 Å². The first-order valence-electron chi connectivity index (χ1n) is 12.1. The number of nitrogens with one attached hydrogen (secondary N) is 1. The molecule has 4 rings (SSSR count). The molecule has 1 N–H and O–H groups in total. The number of amides is 2. The molecule has 3 heterocycles. The summed E-state index contributed by atoms with van der Waals surface area (Å²) in [6, 6.07) is 8.23. The van der Waals surface area contributed by atoms with Crippen molar-refractivity contribution in [2.24, 2.45) is 5.41 Å². The second kappa shape index (κ2) is 11.3. The lowest BCUT2D eigenvalue weighted by Gasteiger charge is -2.42. The molecule has 0 spiro atoms. The molecular weight excluding hydrogens is 406 g/mol. The maximum Gasteiger partial charge on any atom is 0.248 e. The van der Waals surface area contributed by atoms with Crippen LogP contribution in [0.2, 0.25) is 0 Å². The zero-order chi connectivity index (χ0) is 22.2. The quantitative estimate of drug-likeness (QED) is 0.665. The van der Waals surface area contributed by atoms with Gasteiger partial charge in [0, 0.05) is 44.8 Å². The van der Waals surface area contributed by atoms with E-state index in [1.165, 1.54) is 30.4 Å². The average Bonchev–Trinajstić information content (AvgIpc) is 2.84. The first kappa shape index (κ1) is 23.2. The van der Waals surface area contributed by atoms with Gasteiger partial charge in [0.05, 0.1) is 0 Å². The molecule has 0 atom stereocenters. The molecule has 176 valence electrons. The molecule has 2 saturated heterocycles. The summed E-state index contributed by atoms with van der Waals surface area (Å²) in [5.41, 5.74) is 2.58. The van der Waals surface area contributed by atoms with E-state index in [9.17, 15) is 9.59 Å². The molecule has 2 fully saturated rings. The van der Waals surface area contributed by atoms with E-state index in [-0.39, 0.29) is 30.4 Å². The van der Waals surface area contributed by atoms with Crippen molar-refractivity contribution in [1.82, 2.24) is 15.1 Å². The smallest absolute Gasteiger partial charge is 0.248 e. The number of nitrogens with zero attached hydrogens (tertiary/aromatic N) is 2. The molecule has 3 aliphatic heterocycles. The second-order valence-corrected chi connectivity index (χ2v) is 9.55. The molecular formula is C25H37N3O4. The van der Waals surface area contributed by atoms with Gasteiger partial charge in [0.1, 0.15) is 13.2 Å². The first-order valence-corrected chi connectivity index (χ1v) is 12.1. The van der Waals surface area contributed by atoms with Crippen molar-refractivity contribution < 1.29 is 19.1 Å².